The number of Topliss-reactive ketones (excluding diaryl/α,β-unsaturated/α-hetero) is 1. The molecule has 0 saturated carbocycles. The third-order valence-electron chi connectivity index (χ3n) is 2.35. The normalized spacial score (nSPS) is 13.8. The van der Waals surface area contributed by atoms with Crippen LogP contribution in [0.25, 0.3) is 0 Å². The second-order valence-corrected chi connectivity index (χ2v) is 4.18. The summed E-state index contributed by atoms with van der Waals surface area (Å²) in [7, 11) is 3.97. The number of hydrogen-bond donors (Lipinski definition) is 0. The monoisotopic (exact) mass is 185 g/mol. The predicted octanol–water partition coefficient (Wildman–Crippen LogP) is 2.33. The van der Waals surface area contributed by atoms with Crippen LogP contribution in [-0.2, 0) is 4.79 Å². The number of unbranched alkanes of at least 4 members (excludes halogenated alkanes) is 1. The van der Waals surface area contributed by atoms with Gasteiger partial charge in [0, 0.05) is 5.92 Å². The summed E-state index contributed by atoms with van der Waals surface area (Å²) in [5.74, 6) is 0.530. The minimum absolute atomic E-state index is 0.125. The summed E-state index contributed by atoms with van der Waals surface area (Å²) in [5, 5.41) is 0. The fraction of sp³-hybridized carbons (Fsp3) is 0.909. The molecule has 0 amide bonds. The number of carbonyl (C=O) groups excluding carboxylic acids is 1. The van der Waals surface area contributed by atoms with E-state index < -0.39 is 0 Å². The number of likely N-dealkylation sites (N-methyl/N-ethyl adjacent to an activating group) is 1. The molecule has 1 atom stereocenters. The van der Waals surface area contributed by atoms with E-state index in [-0.39, 0.29) is 12.0 Å². The number of ketones is 1. The van der Waals surface area contributed by atoms with Crippen molar-refractivity contribution >= 4 is 5.78 Å². The van der Waals surface area contributed by atoms with Crippen LogP contribution in [-0.4, -0.2) is 30.8 Å². The summed E-state index contributed by atoms with van der Waals surface area (Å²) in [4.78, 5) is 13.8. The summed E-state index contributed by atoms with van der Waals surface area (Å²) >= 11 is 0. The first-order valence-electron chi connectivity index (χ1n) is 5.20. The summed E-state index contributed by atoms with van der Waals surface area (Å²) in [6, 6.07) is 0.125. The molecule has 0 aromatic heterocycles. The Morgan fingerprint density at radius 1 is 1.31 bits per heavy atom. The van der Waals surface area contributed by atoms with Crippen molar-refractivity contribution in [2.24, 2.45) is 5.92 Å². The number of nitrogens with zero attached hydrogens (tertiary/aromatic N) is 1. The number of rotatable bonds is 6. The molecule has 0 aromatic rings. The third-order valence-corrected chi connectivity index (χ3v) is 2.35. The number of carbonyl (C=O) groups is 1. The van der Waals surface area contributed by atoms with Crippen molar-refractivity contribution < 1.29 is 4.79 Å². The maximum atomic E-state index is 11.7. The fourth-order valence-electron chi connectivity index (χ4n) is 1.44. The second kappa shape index (κ2) is 6.14. The Kier molecular flexibility index (Phi) is 5.97. The van der Waals surface area contributed by atoms with Crippen molar-refractivity contribution in [3.8, 4) is 0 Å². The van der Waals surface area contributed by atoms with E-state index in [0.29, 0.717) is 5.78 Å². The first-order chi connectivity index (χ1) is 6.00. The van der Waals surface area contributed by atoms with Crippen LogP contribution in [0.2, 0.25) is 0 Å². The Hall–Kier alpha value is -0.370. The van der Waals surface area contributed by atoms with Crippen molar-refractivity contribution in [1.29, 1.82) is 0 Å². The molecule has 0 fully saturated rings. The van der Waals surface area contributed by atoms with E-state index >= 15 is 0 Å². The lowest BCUT2D eigenvalue weighted by Gasteiger charge is -2.24. The van der Waals surface area contributed by atoms with Gasteiger partial charge in [-0.15, -0.1) is 0 Å². The molecule has 2 heteroatoms. The van der Waals surface area contributed by atoms with Crippen LogP contribution < -0.4 is 0 Å². The van der Waals surface area contributed by atoms with E-state index in [2.05, 4.69) is 6.92 Å². The van der Waals surface area contributed by atoms with Crippen LogP contribution >= 0.6 is 0 Å². The molecule has 0 spiro atoms. The second-order valence-electron chi connectivity index (χ2n) is 4.18. The first-order valence-corrected chi connectivity index (χ1v) is 5.20. The summed E-state index contributed by atoms with van der Waals surface area (Å²) < 4.78 is 0. The molecule has 0 bridgehead atoms. The van der Waals surface area contributed by atoms with Crippen molar-refractivity contribution in [2.45, 2.75) is 46.1 Å². The van der Waals surface area contributed by atoms with E-state index in [9.17, 15) is 4.79 Å². The van der Waals surface area contributed by atoms with Crippen molar-refractivity contribution in [3.63, 3.8) is 0 Å². The molecule has 0 radical (unpaired) electrons. The zero-order valence-corrected chi connectivity index (χ0v) is 9.63. The van der Waals surface area contributed by atoms with Gasteiger partial charge in [-0.25, -0.2) is 0 Å². The molecule has 0 aliphatic carbocycles. The van der Waals surface area contributed by atoms with Crippen LogP contribution in [0, 0.1) is 5.92 Å². The highest BCUT2D eigenvalue weighted by atomic mass is 16.1. The van der Waals surface area contributed by atoms with Gasteiger partial charge in [0.05, 0.1) is 6.04 Å². The fourth-order valence-corrected chi connectivity index (χ4v) is 1.44. The quantitative estimate of drug-likeness (QED) is 0.633. The van der Waals surface area contributed by atoms with E-state index in [0.717, 1.165) is 19.3 Å². The van der Waals surface area contributed by atoms with Crippen LogP contribution in [0.4, 0.5) is 0 Å². The van der Waals surface area contributed by atoms with Crippen LogP contribution in [0.15, 0.2) is 0 Å². The van der Waals surface area contributed by atoms with Gasteiger partial charge in [-0.1, -0.05) is 33.6 Å². The average molecular weight is 185 g/mol. The highest BCUT2D eigenvalue weighted by Crippen LogP contribution is 2.11. The highest BCUT2D eigenvalue weighted by Gasteiger charge is 2.21. The number of hydrogen-bond acceptors (Lipinski definition) is 2. The molecule has 0 N–H and O–H groups in total. The molecule has 13 heavy (non-hydrogen) atoms. The summed E-state index contributed by atoms with van der Waals surface area (Å²) in [6.45, 7) is 6.11. The SMILES string of the molecule is CCCC[C@@H](C(=O)C(C)C)N(C)C. The molecule has 0 aliphatic heterocycles. The standard InChI is InChI=1S/C11H23NO/c1-6-7-8-10(12(4)5)11(13)9(2)3/h9-10H,6-8H2,1-5H3/t10-/m0/s1. The molecular formula is C11H23NO. The van der Waals surface area contributed by atoms with Gasteiger partial charge in [0.25, 0.3) is 0 Å². The van der Waals surface area contributed by atoms with Gasteiger partial charge in [-0.2, -0.15) is 0 Å². The molecular weight excluding hydrogens is 162 g/mol. The van der Waals surface area contributed by atoms with E-state index in [1.165, 1.54) is 0 Å². The smallest absolute Gasteiger partial charge is 0.152 e. The lowest BCUT2D eigenvalue weighted by Crippen LogP contribution is -2.38. The molecule has 0 rings (SSSR count). The minimum atomic E-state index is 0.125. The van der Waals surface area contributed by atoms with Gasteiger partial charge in [0.1, 0.15) is 0 Å². The molecule has 0 aromatic carbocycles. The highest BCUT2D eigenvalue weighted by molar-refractivity contribution is 5.85. The molecule has 0 aliphatic rings. The Morgan fingerprint density at radius 3 is 2.15 bits per heavy atom. The van der Waals surface area contributed by atoms with Gasteiger partial charge in [-0.3, -0.25) is 9.69 Å². The maximum absolute atomic E-state index is 11.7. The Bertz CT molecular complexity index is 152. The first kappa shape index (κ1) is 12.6. The van der Waals surface area contributed by atoms with Crippen LogP contribution in [0.5, 0.6) is 0 Å². The Balaban J connectivity index is 4.16. The molecule has 0 unspecified atom stereocenters. The lowest BCUT2D eigenvalue weighted by molar-refractivity contribution is -0.126. The van der Waals surface area contributed by atoms with Gasteiger partial charge >= 0.3 is 0 Å². The zero-order chi connectivity index (χ0) is 10.4. The average Bonchev–Trinajstić information content (AvgIpc) is 2.04. The Morgan fingerprint density at radius 2 is 1.85 bits per heavy atom. The molecule has 78 valence electrons. The molecule has 0 saturated heterocycles. The zero-order valence-electron chi connectivity index (χ0n) is 9.63. The molecule has 0 heterocycles. The predicted molar refractivity (Wildman–Crippen MR) is 56.8 cm³/mol. The van der Waals surface area contributed by atoms with Gasteiger partial charge < -0.3 is 0 Å². The molecule has 2 nitrogen and oxygen atoms in total. The summed E-state index contributed by atoms with van der Waals surface area (Å²) in [6.07, 6.45) is 3.30. The Labute approximate surface area is 82.3 Å². The van der Waals surface area contributed by atoms with Gasteiger partial charge in [0.2, 0.25) is 0 Å². The topological polar surface area (TPSA) is 20.3 Å². The van der Waals surface area contributed by atoms with Crippen molar-refractivity contribution in [3.05, 3.63) is 0 Å². The lowest BCUT2D eigenvalue weighted by atomic mass is 9.97. The van der Waals surface area contributed by atoms with E-state index in [4.69, 9.17) is 0 Å². The maximum Gasteiger partial charge on any atom is 0.152 e. The largest absolute Gasteiger partial charge is 0.300 e. The van der Waals surface area contributed by atoms with Crippen LogP contribution in [0.1, 0.15) is 40.0 Å². The van der Waals surface area contributed by atoms with Gasteiger partial charge in [-0.05, 0) is 20.5 Å². The van der Waals surface area contributed by atoms with Crippen molar-refractivity contribution in [2.75, 3.05) is 14.1 Å². The summed E-state index contributed by atoms with van der Waals surface area (Å²) in [5.41, 5.74) is 0. The third kappa shape index (κ3) is 4.41. The van der Waals surface area contributed by atoms with Crippen molar-refractivity contribution in [1.82, 2.24) is 4.90 Å². The van der Waals surface area contributed by atoms with E-state index in [1.54, 1.807) is 0 Å². The van der Waals surface area contributed by atoms with Crippen LogP contribution in [0.3, 0.4) is 0 Å². The van der Waals surface area contributed by atoms with Gasteiger partial charge in [0.15, 0.2) is 5.78 Å². The van der Waals surface area contributed by atoms with E-state index in [1.807, 2.05) is 32.8 Å². The minimum Gasteiger partial charge on any atom is -0.300 e.